The predicted octanol–water partition coefficient (Wildman–Crippen LogP) is 4.93. The van der Waals surface area contributed by atoms with Crippen LogP contribution in [0.4, 0.5) is 0 Å². The highest BCUT2D eigenvalue weighted by Gasteiger charge is 2.39. The van der Waals surface area contributed by atoms with Crippen LogP contribution in [0.5, 0.6) is 0 Å². The Hall–Kier alpha value is -0.530. The summed E-state index contributed by atoms with van der Waals surface area (Å²) in [5.74, 6) is 0.822. The summed E-state index contributed by atoms with van der Waals surface area (Å²) in [6, 6.07) is 8.89. The van der Waals surface area contributed by atoms with E-state index in [1.54, 1.807) is 0 Å². The van der Waals surface area contributed by atoms with Gasteiger partial charge in [-0.1, -0.05) is 58.4 Å². The van der Waals surface area contributed by atoms with E-state index in [2.05, 4.69) is 52.0 Å². The molecule has 2 rings (SSSR count). The van der Waals surface area contributed by atoms with Crippen molar-refractivity contribution in [3.05, 3.63) is 35.4 Å². The van der Waals surface area contributed by atoms with Gasteiger partial charge in [-0.15, -0.1) is 11.6 Å². The molecule has 118 valence electrons. The first kappa shape index (κ1) is 16.8. The van der Waals surface area contributed by atoms with Crippen molar-refractivity contribution in [1.29, 1.82) is 0 Å². The van der Waals surface area contributed by atoms with Gasteiger partial charge < -0.3 is 5.11 Å². The Balaban J connectivity index is 2.03. The van der Waals surface area contributed by atoms with Crippen molar-refractivity contribution in [3.8, 4) is 0 Å². The lowest BCUT2D eigenvalue weighted by Gasteiger charge is -2.23. The van der Waals surface area contributed by atoms with E-state index in [4.69, 9.17) is 11.6 Å². The maximum absolute atomic E-state index is 10.2. The largest absolute Gasteiger partial charge is 0.393 e. The summed E-state index contributed by atoms with van der Waals surface area (Å²) in [4.78, 5) is 0. The third-order valence-corrected chi connectivity index (χ3v) is 5.51. The van der Waals surface area contributed by atoms with Gasteiger partial charge in [0, 0.05) is 5.38 Å². The normalized spacial score (nSPS) is 29.8. The monoisotopic (exact) mass is 308 g/mol. The van der Waals surface area contributed by atoms with E-state index in [1.165, 1.54) is 11.1 Å². The lowest BCUT2D eigenvalue weighted by atomic mass is 9.84. The molecule has 1 fully saturated rings. The molecule has 1 aliphatic carbocycles. The lowest BCUT2D eigenvalue weighted by Crippen LogP contribution is -2.21. The van der Waals surface area contributed by atoms with E-state index < -0.39 is 0 Å². The van der Waals surface area contributed by atoms with Gasteiger partial charge in [0.1, 0.15) is 0 Å². The number of halogens is 1. The quantitative estimate of drug-likeness (QED) is 0.782. The van der Waals surface area contributed by atoms with E-state index in [0.29, 0.717) is 11.8 Å². The Morgan fingerprint density at radius 1 is 1.24 bits per heavy atom. The van der Waals surface area contributed by atoms with Crippen molar-refractivity contribution in [2.45, 2.75) is 70.3 Å². The zero-order chi connectivity index (χ0) is 15.6. The second kappa shape index (κ2) is 6.71. The standard InChI is InChI=1S/C19H29ClO/c1-5-15-16(18(21)12-17(15)20)10-9-13-7-6-8-14(11-13)19(2,3)4/h6-8,11,15-18,21H,5,9-10,12H2,1-4H3/t15-,16-,17-,18-/m1/s1. The first-order valence-corrected chi connectivity index (χ1v) is 8.68. The summed E-state index contributed by atoms with van der Waals surface area (Å²) in [5, 5.41) is 10.4. The highest BCUT2D eigenvalue weighted by Crippen LogP contribution is 2.40. The Labute approximate surface area is 134 Å². The SMILES string of the molecule is CC[C@@H]1[C@@H](CCc2cccc(C(C)(C)C)c2)[C@H](O)C[C@H]1Cl. The first-order chi connectivity index (χ1) is 9.82. The summed E-state index contributed by atoms with van der Waals surface area (Å²) < 4.78 is 0. The van der Waals surface area contributed by atoms with Gasteiger partial charge in [0.15, 0.2) is 0 Å². The second-order valence-electron chi connectivity index (χ2n) is 7.54. The summed E-state index contributed by atoms with van der Waals surface area (Å²) in [7, 11) is 0. The second-order valence-corrected chi connectivity index (χ2v) is 8.10. The number of benzene rings is 1. The Morgan fingerprint density at radius 3 is 2.57 bits per heavy atom. The lowest BCUT2D eigenvalue weighted by molar-refractivity contribution is 0.111. The third kappa shape index (κ3) is 4.02. The van der Waals surface area contributed by atoms with E-state index in [1.807, 2.05) is 0 Å². The minimum absolute atomic E-state index is 0.149. The van der Waals surface area contributed by atoms with Crippen molar-refractivity contribution in [2.75, 3.05) is 0 Å². The van der Waals surface area contributed by atoms with Crippen molar-refractivity contribution < 1.29 is 5.11 Å². The van der Waals surface area contributed by atoms with Crippen LogP contribution in [0.2, 0.25) is 0 Å². The molecule has 1 aromatic rings. The Morgan fingerprint density at radius 2 is 1.95 bits per heavy atom. The fraction of sp³-hybridized carbons (Fsp3) is 0.684. The molecule has 1 N–H and O–H groups in total. The highest BCUT2D eigenvalue weighted by molar-refractivity contribution is 6.21. The molecule has 4 atom stereocenters. The Kier molecular flexibility index (Phi) is 5.38. The van der Waals surface area contributed by atoms with Crippen LogP contribution < -0.4 is 0 Å². The average molecular weight is 309 g/mol. The molecule has 0 unspecified atom stereocenters. The van der Waals surface area contributed by atoms with Crippen LogP contribution in [-0.4, -0.2) is 16.6 Å². The van der Waals surface area contributed by atoms with Gasteiger partial charge in [-0.2, -0.15) is 0 Å². The van der Waals surface area contributed by atoms with Crippen molar-refractivity contribution in [2.24, 2.45) is 11.8 Å². The molecule has 1 aliphatic rings. The van der Waals surface area contributed by atoms with Crippen LogP contribution in [0.1, 0.15) is 58.1 Å². The molecule has 0 aliphatic heterocycles. The van der Waals surface area contributed by atoms with Gasteiger partial charge >= 0.3 is 0 Å². The minimum Gasteiger partial charge on any atom is -0.393 e. The van der Waals surface area contributed by atoms with Crippen LogP contribution in [0.3, 0.4) is 0 Å². The van der Waals surface area contributed by atoms with Gasteiger partial charge in [-0.3, -0.25) is 0 Å². The van der Waals surface area contributed by atoms with Crippen molar-refractivity contribution >= 4 is 11.6 Å². The number of hydrogen-bond donors (Lipinski definition) is 1. The summed E-state index contributed by atoms with van der Waals surface area (Å²) in [6.07, 6.45) is 3.68. The molecule has 0 bridgehead atoms. The molecule has 0 amide bonds. The predicted molar refractivity (Wildman–Crippen MR) is 91.0 cm³/mol. The number of aliphatic hydroxyl groups excluding tert-OH is 1. The zero-order valence-electron chi connectivity index (χ0n) is 13.8. The van der Waals surface area contributed by atoms with Gasteiger partial charge in [0.2, 0.25) is 0 Å². The fourth-order valence-corrected chi connectivity index (χ4v) is 4.17. The minimum atomic E-state index is -0.219. The summed E-state index contributed by atoms with van der Waals surface area (Å²) >= 11 is 6.37. The maximum Gasteiger partial charge on any atom is 0.0585 e. The molecule has 0 saturated heterocycles. The van der Waals surface area contributed by atoms with Gasteiger partial charge in [0.25, 0.3) is 0 Å². The molecular formula is C19H29ClO. The summed E-state index contributed by atoms with van der Waals surface area (Å²) in [5.41, 5.74) is 2.95. The molecule has 0 radical (unpaired) electrons. The van der Waals surface area contributed by atoms with Crippen LogP contribution in [0, 0.1) is 11.8 Å². The molecule has 0 aromatic heterocycles. The smallest absolute Gasteiger partial charge is 0.0585 e. The number of aryl methyl sites for hydroxylation is 1. The molecule has 1 saturated carbocycles. The molecule has 21 heavy (non-hydrogen) atoms. The van der Waals surface area contributed by atoms with E-state index >= 15 is 0 Å². The van der Waals surface area contributed by atoms with Crippen LogP contribution in [0.15, 0.2) is 24.3 Å². The van der Waals surface area contributed by atoms with Gasteiger partial charge in [-0.05, 0) is 47.6 Å². The number of hydrogen-bond acceptors (Lipinski definition) is 1. The van der Waals surface area contributed by atoms with Gasteiger partial charge in [-0.25, -0.2) is 0 Å². The van der Waals surface area contributed by atoms with E-state index in [9.17, 15) is 5.11 Å². The number of aliphatic hydroxyl groups is 1. The highest BCUT2D eigenvalue weighted by atomic mass is 35.5. The van der Waals surface area contributed by atoms with E-state index in [0.717, 1.165) is 25.7 Å². The summed E-state index contributed by atoms with van der Waals surface area (Å²) in [6.45, 7) is 8.93. The number of rotatable bonds is 4. The molecule has 1 aromatic carbocycles. The van der Waals surface area contributed by atoms with Crippen molar-refractivity contribution in [3.63, 3.8) is 0 Å². The fourth-order valence-electron chi connectivity index (χ4n) is 3.63. The molecule has 2 heteroatoms. The first-order valence-electron chi connectivity index (χ1n) is 8.24. The topological polar surface area (TPSA) is 20.2 Å². The zero-order valence-corrected chi connectivity index (χ0v) is 14.5. The van der Waals surface area contributed by atoms with Gasteiger partial charge in [0.05, 0.1) is 6.10 Å². The average Bonchev–Trinajstić information content (AvgIpc) is 2.69. The number of alkyl halides is 1. The van der Waals surface area contributed by atoms with Crippen LogP contribution in [0.25, 0.3) is 0 Å². The molecule has 0 heterocycles. The molecule has 0 spiro atoms. The maximum atomic E-state index is 10.2. The Bertz CT molecular complexity index is 463. The van der Waals surface area contributed by atoms with E-state index in [-0.39, 0.29) is 16.9 Å². The third-order valence-electron chi connectivity index (χ3n) is 5.01. The molecule has 1 nitrogen and oxygen atoms in total. The van der Waals surface area contributed by atoms with Crippen LogP contribution in [-0.2, 0) is 11.8 Å². The van der Waals surface area contributed by atoms with Crippen LogP contribution >= 0.6 is 11.6 Å². The molecular weight excluding hydrogens is 280 g/mol. The van der Waals surface area contributed by atoms with Crippen molar-refractivity contribution in [1.82, 2.24) is 0 Å².